The van der Waals surface area contributed by atoms with Gasteiger partial charge in [-0.3, -0.25) is 4.79 Å². The van der Waals surface area contributed by atoms with E-state index in [1.807, 2.05) is 20.8 Å². The Balaban J connectivity index is 1.97. The van der Waals surface area contributed by atoms with Crippen molar-refractivity contribution in [3.8, 4) is 28.7 Å². The van der Waals surface area contributed by atoms with Crippen molar-refractivity contribution < 1.29 is 17.9 Å². The van der Waals surface area contributed by atoms with Gasteiger partial charge in [0.25, 0.3) is 5.56 Å². The number of halogens is 3. The lowest BCUT2D eigenvalue weighted by Crippen LogP contribution is -2.19. The number of hydrogen-bond donors (Lipinski definition) is 2. The lowest BCUT2D eigenvalue weighted by molar-refractivity contribution is -0.137. The summed E-state index contributed by atoms with van der Waals surface area (Å²) in [7, 11) is 0. The molecule has 0 amide bonds. The van der Waals surface area contributed by atoms with E-state index in [1.165, 1.54) is 18.2 Å². The molecule has 3 rings (SSSR count). The third-order valence-corrected chi connectivity index (χ3v) is 4.92. The molecule has 0 aliphatic carbocycles. The first kappa shape index (κ1) is 25.4. The van der Waals surface area contributed by atoms with E-state index in [2.05, 4.69) is 25.5 Å². The summed E-state index contributed by atoms with van der Waals surface area (Å²) in [5.41, 5.74) is -0.679. The minimum atomic E-state index is -4.62. The Morgan fingerprint density at radius 2 is 1.88 bits per heavy atom. The Bertz CT molecular complexity index is 1140. The number of alkyl halides is 3. The highest BCUT2D eigenvalue weighted by Gasteiger charge is 2.34. The summed E-state index contributed by atoms with van der Waals surface area (Å²) in [6.07, 6.45) is -2.78. The van der Waals surface area contributed by atoms with Crippen LogP contribution in [0.5, 0.6) is 5.88 Å². The number of unbranched alkanes of at least 4 members (excludes halogenated alkanes) is 1. The van der Waals surface area contributed by atoms with Gasteiger partial charge in [0, 0.05) is 24.2 Å². The molecule has 0 spiro atoms. The van der Waals surface area contributed by atoms with E-state index < -0.39 is 17.3 Å². The molecule has 2 heterocycles. The molecule has 0 atom stereocenters. The predicted octanol–water partition coefficient (Wildman–Crippen LogP) is 4.84. The molecule has 0 saturated heterocycles. The van der Waals surface area contributed by atoms with Gasteiger partial charge in [-0.2, -0.15) is 13.2 Å². The van der Waals surface area contributed by atoms with E-state index >= 15 is 0 Å². The molecule has 10 heteroatoms. The molecule has 0 fully saturated rings. The van der Waals surface area contributed by atoms with Gasteiger partial charge in [-0.05, 0) is 42.6 Å². The first-order valence-electron chi connectivity index (χ1n) is 11.2. The second kappa shape index (κ2) is 11.2. The average Bonchev–Trinajstić information content (AvgIpc) is 2.78. The third kappa shape index (κ3) is 6.86. The van der Waals surface area contributed by atoms with Crippen molar-refractivity contribution in [2.24, 2.45) is 5.92 Å². The Morgan fingerprint density at radius 3 is 2.53 bits per heavy atom. The molecule has 7 nitrogen and oxygen atoms in total. The van der Waals surface area contributed by atoms with Gasteiger partial charge in [-0.1, -0.05) is 33.3 Å². The fourth-order valence-corrected chi connectivity index (χ4v) is 3.22. The Labute approximate surface area is 195 Å². The Hall–Kier alpha value is -3.27. The van der Waals surface area contributed by atoms with Gasteiger partial charge in [0.1, 0.15) is 11.5 Å². The summed E-state index contributed by atoms with van der Waals surface area (Å²) in [5, 5.41) is 11.2. The molecule has 0 unspecified atom stereocenters. The zero-order valence-corrected chi connectivity index (χ0v) is 19.4. The second-order valence-electron chi connectivity index (χ2n) is 8.34. The van der Waals surface area contributed by atoms with Crippen LogP contribution in [-0.4, -0.2) is 33.3 Å². The first-order chi connectivity index (χ1) is 16.2. The summed E-state index contributed by atoms with van der Waals surface area (Å²) in [4.78, 5) is 19.0. The van der Waals surface area contributed by atoms with E-state index in [4.69, 9.17) is 4.74 Å². The number of rotatable bonds is 10. The van der Waals surface area contributed by atoms with E-state index in [1.54, 1.807) is 12.1 Å². The largest absolute Gasteiger partial charge is 0.477 e. The van der Waals surface area contributed by atoms with Crippen LogP contribution in [0.2, 0.25) is 0 Å². The third-order valence-electron chi connectivity index (χ3n) is 4.92. The molecule has 3 aromatic rings. The highest BCUT2D eigenvalue weighted by Crippen LogP contribution is 2.36. The maximum absolute atomic E-state index is 13.7. The first-order valence-corrected chi connectivity index (χ1v) is 11.2. The summed E-state index contributed by atoms with van der Waals surface area (Å²) >= 11 is 0. The van der Waals surface area contributed by atoms with Gasteiger partial charge >= 0.3 is 6.18 Å². The van der Waals surface area contributed by atoms with Crippen LogP contribution in [0, 0.1) is 5.92 Å². The van der Waals surface area contributed by atoms with Crippen LogP contribution < -0.4 is 15.6 Å². The number of aromatic amines is 1. The molecule has 2 N–H and O–H groups in total. The van der Waals surface area contributed by atoms with Crippen molar-refractivity contribution in [1.82, 2.24) is 25.5 Å². The molecule has 0 saturated carbocycles. The van der Waals surface area contributed by atoms with Crippen molar-refractivity contribution in [3.63, 3.8) is 0 Å². The van der Waals surface area contributed by atoms with Crippen molar-refractivity contribution in [3.05, 3.63) is 57.9 Å². The van der Waals surface area contributed by atoms with Crippen molar-refractivity contribution in [2.45, 2.75) is 46.3 Å². The minimum absolute atomic E-state index is 0.114. The molecule has 0 radical (unpaired) electrons. The van der Waals surface area contributed by atoms with E-state index in [-0.39, 0.29) is 22.8 Å². The molecule has 182 valence electrons. The molecule has 0 bridgehead atoms. The molecule has 1 aromatic carbocycles. The maximum atomic E-state index is 13.7. The SMILES string of the molecule is CCCCOc1ccc(-c2cc(=O)[nH]c(-c3cc(CNCC(C)C)ccc3C(F)(F)F)n2)nn1. The molecular weight excluding hydrogens is 447 g/mol. The monoisotopic (exact) mass is 475 g/mol. The van der Waals surface area contributed by atoms with Crippen molar-refractivity contribution >= 4 is 0 Å². The van der Waals surface area contributed by atoms with Crippen LogP contribution in [0.25, 0.3) is 22.8 Å². The van der Waals surface area contributed by atoms with Gasteiger partial charge < -0.3 is 15.0 Å². The number of nitrogens with zero attached hydrogens (tertiary/aromatic N) is 3. The number of hydrogen-bond acceptors (Lipinski definition) is 6. The number of ether oxygens (including phenoxy) is 1. The zero-order valence-electron chi connectivity index (χ0n) is 19.4. The van der Waals surface area contributed by atoms with Crippen LogP contribution in [0.4, 0.5) is 13.2 Å². The molecular formula is C24H28F3N5O2. The maximum Gasteiger partial charge on any atom is 0.417 e. The Kier molecular flexibility index (Phi) is 8.38. The van der Waals surface area contributed by atoms with Crippen molar-refractivity contribution in [1.29, 1.82) is 0 Å². The average molecular weight is 476 g/mol. The van der Waals surface area contributed by atoms with Crippen LogP contribution in [0.15, 0.2) is 41.2 Å². The molecule has 2 aromatic heterocycles. The van der Waals surface area contributed by atoms with E-state index in [0.717, 1.165) is 25.5 Å². The molecule has 0 aliphatic heterocycles. The quantitative estimate of drug-likeness (QED) is 0.408. The topological polar surface area (TPSA) is 92.8 Å². The highest BCUT2D eigenvalue weighted by atomic mass is 19.4. The summed E-state index contributed by atoms with van der Waals surface area (Å²) in [5.74, 6) is 0.530. The van der Waals surface area contributed by atoms with E-state index in [9.17, 15) is 18.0 Å². The van der Waals surface area contributed by atoms with Crippen LogP contribution >= 0.6 is 0 Å². The predicted molar refractivity (Wildman–Crippen MR) is 123 cm³/mol. The van der Waals surface area contributed by atoms with Gasteiger partial charge in [-0.15, -0.1) is 10.2 Å². The lowest BCUT2D eigenvalue weighted by Gasteiger charge is -2.15. The van der Waals surface area contributed by atoms with Crippen LogP contribution in [0.1, 0.15) is 44.7 Å². The standard InChI is InChI=1S/C24H28F3N5O2/c1-4-5-10-34-22-9-8-19(31-32-22)20-12-21(33)30-23(29-20)17-11-16(14-28-13-15(2)3)6-7-18(17)24(25,26)27/h6-9,11-12,15,28H,4-5,10,13-14H2,1-3H3,(H,29,30,33). The normalized spacial score (nSPS) is 11.7. The van der Waals surface area contributed by atoms with Gasteiger partial charge in [0.15, 0.2) is 0 Å². The van der Waals surface area contributed by atoms with Gasteiger partial charge in [0.2, 0.25) is 5.88 Å². The number of nitrogens with one attached hydrogen (secondary N) is 2. The minimum Gasteiger partial charge on any atom is -0.477 e. The van der Waals surface area contributed by atoms with E-state index in [0.29, 0.717) is 30.5 Å². The van der Waals surface area contributed by atoms with Gasteiger partial charge in [0.05, 0.1) is 17.9 Å². The smallest absolute Gasteiger partial charge is 0.417 e. The number of H-pyrrole nitrogens is 1. The summed E-state index contributed by atoms with van der Waals surface area (Å²) in [6, 6.07) is 8.15. The zero-order chi connectivity index (χ0) is 24.7. The number of benzene rings is 1. The Morgan fingerprint density at radius 1 is 1.09 bits per heavy atom. The van der Waals surface area contributed by atoms with Crippen LogP contribution in [0.3, 0.4) is 0 Å². The summed E-state index contributed by atoms with van der Waals surface area (Å²) in [6.45, 7) is 7.73. The highest BCUT2D eigenvalue weighted by molar-refractivity contribution is 5.65. The summed E-state index contributed by atoms with van der Waals surface area (Å²) < 4.78 is 46.7. The van der Waals surface area contributed by atoms with Crippen molar-refractivity contribution in [2.75, 3.05) is 13.2 Å². The fourth-order valence-electron chi connectivity index (χ4n) is 3.22. The number of aromatic nitrogens is 4. The second-order valence-corrected chi connectivity index (χ2v) is 8.34. The molecule has 0 aliphatic rings. The fraction of sp³-hybridized carbons (Fsp3) is 0.417. The molecule has 34 heavy (non-hydrogen) atoms. The van der Waals surface area contributed by atoms with Crippen LogP contribution in [-0.2, 0) is 12.7 Å². The van der Waals surface area contributed by atoms with Gasteiger partial charge in [-0.25, -0.2) is 4.98 Å². The lowest BCUT2D eigenvalue weighted by atomic mass is 10.0.